The summed E-state index contributed by atoms with van der Waals surface area (Å²) < 4.78 is 0.181. The van der Waals surface area contributed by atoms with Crippen molar-refractivity contribution in [3.8, 4) is 0 Å². The minimum absolute atomic E-state index is 0.0243. The molecular formula is C11H16O2S2. The van der Waals surface area contributed by atoms with Gasteiger partial charge in [0.1, 0.15) is 5.78 Å². The van der Waals surface area contributed by atoms with Crippen molar-refractivity contribution in [2.24, 2.45) is 11.8 Å². The maximum Gasteiger partial charge on any atom is 0.138 e. The van der Waals surface area contributed by atoms with Crippen LogP contribution in [0.5, 0.6) is 0 Å². The first-order valence-electron chi connectivity index (χ1n) is 5.70. The van der Waals surface area contributed by atoms with E-state index in [-0.39, 0.29) is 16.1 Å². The van der Waals surface area contributed by atoms with Gasteiger partial charge in [-0.2, -0.15) is 0 Å². The van der Waals surface area contributed by atoms with Crippen molar-refractivity contribution < 1.29 is 9.90 Å². The van der Waals surface area contributed by atoms with Gasteiger partial charge in [-0.05, 0) is 36.7 Å². The molecule has 0 aromatic heterocycles. The summed E-state index contributed by atoms with van der Waals surface area (Å²) >= 11 is 4.00. The third kappa shape index (κ3) is 1.56. The predicted molar refractivity (Wildman–Crippen MR) is 64.1 cm³/mol. The number of aliphatic hydroxyl groups is 1. The smallest absolute Gasteiger partial charge is 0.138 e. The van der Waals surface area contributed by atoms with Crippen LogP contribution in [-0.2, 0) is 4.79 Å². The lowest BCUT2D eigenvalue weighted by atomic mass is 9.86. The third-order valence-electron chi connectivity index (χ3n) is 3.96. The average Bonchev–Trinajstić information content (AvgIpc) is 2.58. The quantitative estimate of drug-likeness (QED) is 0.706. The first kappa shape index (κ1) is 10.5. The van der Waals surface area contributed by atoms with Crippen LogP contribution in [0.4, 0.5) is 0 Å². The minimum atomic E-state index is -0.366. The Bertz CT molecular complexity index is 286. The lowest BCUT2D eigenvalue weighted by molar-refractivity contribution is -0.123. The second kappa shape index (κ2) is 3.67. The van der Waals surface area contributed by atoms with Crippen LogP contribution in [-0.4, -0.2) is 32.6 Å². The van der Waals surface area contributed by atoms with Gasteiger partial charge < -0.3 is 5.11 Å². The monoisotopic (exact) mass is 244 g/mol. The van der Waals surface area contributed by atoms with Gasteiger partial charge in [-0.25, -0.2) is 0 Å². The fourth-order valence-electron chi connectivity index (χ4n) is 3.17. The number of Topliss-reactive ketones (excluding diaryl/α,β-unsaturated/α-hetero) is 1. The molecule has 15 heavy (non-hydrogen) atoms. The summed E-state index contributed by atoms with van der Waals surface area (Å²) in [6.45, 7) is 0. The Balaban J connectivity index is 1.88. The summed E-state index contributed by atoms with van der Waals surface area (Å²) in [5.74, 6) is 3.23. The van der Waals surface area contributed by atoms with Crippen LogP contribution in [0.1, 0.15) is 25.7 Å². The van der Waals surface area contributed by atoms with Crippen molar-refractivity contribution in [1.29, 1.82) is 0 Å². The standard InChI is InChI=1S/C11H16O2S2/c12-9-5-7-4-8(9)10(13)6-11(7)14-2-1-3-15-11/h7-8,10,13H,1-6H2/t7-,8-,10-/m1/s1. The highest BCUT2D eigenvalue weighted by Gasteiger charge is 2.55. The van der Waals surface area contributed by atoms with E-state index in [1.54, 1.807) is 0 Å². The maximum atomic E-state index is 11.7. The molecule has 1 spiro atoms. The summed E-state index contributed by atoms with van der Waals surface area (Å²) in [5, 5.41) is 10.0. The molecule has 0 aromatic carbocycles. The van der Waals surface area contributed by atoms with Gasteiger partial charge in [0, 0.05) is 12.3 Å². The number of carbonyl (C=O) groups is 1. The van der Waals surface area contributed by atoms with Crippen molar-refractivity contribution >= 4 is 29.3 Å². The van der Waals surface area contributed by atoms with Gasteiger partial charge in [0.2, 0.25) is 0 Å². The zero-order chi connectivity index (χ0) is 10.5. The molecule has 0 unspecified atom stereocenters. The summed E-state index contributed by atoms with van der Waals surface area (Å²) in [5.41, 5.74) is 0. The molecular weight excluding hydrogens is 228 g/mol. The molecule has 0 amide bonds. The molecule has 3 rings (SSSR count). The van der Waals surface area contributed by atoms with E-state index >= 15 is 0 Å². The van der Waals surface area contributed by atoms with E-state index in [0.29, 0.717) is 11.7 Å². The molecule has 3 fully saturated rings. The fraction of sp³-hybridized carbons (Fsp3) is 0.909. The highest BCUT2D eigenvalue weighted by molar-refractivity contribution is 8.18. The number of thioether (sulfide) groups is 2. The third-order valence-corrected chi connectivity index (χ3v) is 7.63. The van der Waals surface area contributed by atoms with Crippen LogP contribution in [0.2, 0.25) is 0 Å². The van der Waals surface area contributed by atoms with Crippen LogP contribution >= 0.6 is 23.5 Å². The van der Waals surface area contributed by atoms with Gasteiger partial charge in [-0.1, -0.05) is 0 Å². The molecule has 4 heteroatoms. The normalized spacial score (nSPS) is 43.5. The topological polar surface area (TPSA) is 37.3 Å². The van der Waals surface area contributed by atoms with E-state index in [2.05, 4.69) is 0 Å². The molecule has 2 nitrogen and oxygen atoms in total. The number of fused-ring (bicyclic) bond motifs is 3. The summed E-state index contributed by atoms with van der Waals surface area (Å²) in [7, 11) is 0. The number of hydrogen-bond donors (Lipinski definition) is 1. The summed E-state index contributed by atoms with van der Waals surface area (Å²) in [6, 6.07) is 0. The molecule has 84 valence electrons. The van der Waals surface area contributed by atoms with Gasteiger partial charge in [0.15, 0.2) is 0 Å². The molecule has 1 N–H and O–H groups in total. The Kier molecular flexibility index (Phi) is 2.57. The first-order valence-corrected chi connectivity index (χ1v) is 7.67. The number of ketones is 1. The Morgan fingerprint density at radius 1 is 1.33 bits per heavy atom. The Morgan fingerprint density at radius 2 is 2.07 bits per heavy atom. The summed E-state index contributed by atoms with van der Waals surface area (Å²) in [4.78, 5) is 11.7. The SMILES string of the molecule is O=C1C[C@H]2C[C@H]1[C@H](O)CC21SCCCS1. The number of aliphatic hydroxyl groups excluding tert-OH is 1. The van der Waals surface area contributed by atoms with Gasteiger partial charge in [0.25, 0.3) is 0 Å². The van der Waals surface area contributed by atoms with Crippen molar-refractivity contribution in [3.63, 3.8) is 0 Å². The minimum Gasteiger partial charge on any atom is -0.392 e. The van der Waals surface area contributed by atoms with Crippen molar-refractivity contribution in [2.45, 2.75) is 35.9 Å². The average molecular weight is 244 g/mol. The molecule has 2 saturated carbocycles. The van der Waals surface area contributed by atoms with E-state index in [1.165, 1.54) is 17.9 Å². The lowest BCUT2D eigenvalue weighted by Gasteiger charge is -2.45. The van der Waals surface area contributed by atoms with E-state index in [9.17, 15) is 9.90 Å². The zero-order valence-electron chi connectivity index (χ0n) is 8.65. The Labute approximate surface area is 98.6 Å². The lowest BCUT2D eigenvalue weighted by Crippen LogP contribution is -2.42. The second-order valence-electron chi connectivity index (χ2n) is 4.84. The molecule has 2 aliphatic carbocycles. The molecule has 3 atom stereocenters. The molecule has 1 aliphatic heterocycles. The van der Waals surface area contributed by atoms with Crippen LogP contribution in [0.25, 0.3) is 0 Å². The Morgan fingerprint density at radius 3 is 2.80 bits per heavy atom. The van der Waals surface area contributed by atoms with Crippen molar-refractivity contribution in [2.75, 3.05) is 11.5 Å². The van der Waals surface area contributed by atoms with Gasteiger partial charge in [-0.3, -0.25) is 4.79 Å². The number of hydrogen-bond acceptors (Lipinski definition) is 4. The van der Waals surface area contributed by atoms with Gasteiger partial charge in [-0.15, -0.1) is 23.5 Å². The molecule has 0 radical (unpaired) electrons. The van der Waals surface area contributed by atoms with Crippen molar-refractivity contribution in [1.82, 2.24) is 0 Å². The van der Waals surface area contributed by atoms with Crippen molar-refractivity contribution in [3.05, 3.63) is 0 Å². The van der Waals surface area contributed by atoms with Crippen LogP contribution in [0.3, 0.4) is 0 Å². The van der Waals surface area contributed by atoms with E-state index in [1.807, 2.05) is 23.5 Å². The Hall–Kier alpha value is 0.330. The maximum absolute atomic E-state index is 11.7. The first-order chi connectivity index (χ1) is 7.21. The molecule has 1 saturated heterocycles. The van der Waals surface area contributed by atoms with Gasteiger partial charge in [0.05, 0.1) is 10.2 Å². The summed E-state index contributed by atoms with van der Waals surface area (Å²) in [6.07, 6.45) is 3.41. The van der Waals surface area contributed by atoms with E-state index in [0.717, 1.165) is 19.3 Å². The molecule has 0 aromatic rings. The second-order valence-corrected chi connectivity index (χ2v) is 7.95. The molecule has 1 heterocycles. The van der Waals surface area contributed by atoms with E-state index < -0.39 is 0 Å². The van der Waals surface area contributed by atoms with Gasteiger partial charge >= 0.3 is 0 Å². The molecule has 3 aliphatic rings. The zero-order valence-corrected chi connectivity index (χ0v) is 10.3. The number of carbonyl (C=O) groups excluding carboxylic acids is 1. The highest BCUT2D eigenvalue weighted by atomic mass is 32.2. The van der Waals surface area contributed by atoms with Crippen LogP contribution in [0.15, 0.2) is 0 Å². The van der Waals surface area contributed by atoms with Crippen LogP contribution < -0.4 is 0 Å². The number of rotatable bonds is 0. The fourth-order valence-corrected chi connectivity index (χ4v) is 6.86. The predicted octanol–water partition coefficient (Wildman–Crippen LogP) is 1.91. The molecule has 2 bridgehead atoms. The van der Waals surface area contributed by atoms with Crippen LogP contribution in [0, 0.1) is 11.8 Å². The largest absolute Gasteiger partial charge is 0.392 e. The van der Waals surface area contributed by atoms with E-state index in [4.69, 9.17) is 0 Å². The highest BCUT2D eigenvalue weighted by Crippen LogP contribution is 2.59.